The monoisotopic (exact) mass is 402 g/mol. The third-order valence-electron chi connectivity index (χ3n) is 5.95. The molecule has 1 atom stereocenters. The van der Waals surface area contributed by atoms with Crippen LogP contribution < -0.4 is 0 Å². The first kappa shape index (κ1) is 19.2. The molecule has 0 N–H and O–H groups in total. The van der Waals surface area contributed by atoms with E-state index in [0.717, 1.165) is 67.0 Å². The number of carbonyl (C=O) groups excluding carboxylic acids is 1. The Labute approximate surface area is 176 Å². The predicted molar refractivity (Wildman–Crippen MR) is 116 cm³/mol. The molecule has 0 aliphatic carbocycles. The summed E-state index contributed by atoms with van der Waals surface area (Å²) < 4.78 is 5.56. The van der Waals surface area contributed by atoms with Crippen molar-refractivity contribution in [1.82, 2.24) is 19.8 Å². The van der Waals surface area contributed by atoms with Gasteiger partial charge in [0.15, 0.2) is 0 Å². The molecule has 5 rings (SSSR count). The Morgan fingerprint density at radius 2 is 1.73 bits per heavy atom. The van der Waals surface area contributed by atoms with E-state index in [1.54, 1.807) is 0 Å². The van der Waals surface area contributed by atoms with Gasteiger partial charge in [0.25, 0.3) is 5.91 Å². The second kappa shape index (κ2) is 8.50. The Hall–Kier alpha value is -2.83. The van der Waals surface area contributed by atoms with Gasteiger partial charge in [0, 0.05) is 43.7 Å². The van der Waals surface area contributed by atoms with Gasteiger partial charge in [0.2, 0.25) is 0 Å². The summed E-state index contributed by atoms with van der Waals surface area (Å²) >= 11 is 0. The highest BCUT2D eigenvalue weighted by Gasteiger charge is 2.30. The van der Waals surface area contributed by atoms with Gasteiger partial charge in [-0.05, 0) is 18.9 Å². The quantitative estimate of drug-likeness (QED) is 0.671. The van der Waals surface area contributed by atoms with Crippen LogP contribution in [-0.2, 0) is 16.1 Å². The highest BCUT2D eigenvalue weighted by molar-refractivity contribution is 5.92. The normalized spacial score (nSPS) is 20.0. The molecule has 2 fully saturated rings. The lowest BCUT2D eigenvalue weighted by atomic mass is 10.1. The van der Waals surface area contributed by atoms with Crippen LogP contribution in [0.1, 0.15) is 18.7 Å². The standard InChI is InChI=1S/C24H26N4O2/c29-24(21-11-6-16-30-21)28-14-12-27(13-15-28)17-22-25-20-10-5-4-9-19(20)23(26-22)18-7-2-1-3-8-18/h1-5,7-10,21H,6,11-17H2/t21-/m1/s1. The van der Waals surface area contributed by atoms with E-state index < -0.39 is 0 Å². The van der Waals surface area contributed by atoms with Gasteiger partial charge in [-0.2, -0.15) is 0 Å². The van der Waals surface area contributed by atoms with Crippen molar-refractivity contribution >= 4 is 16.8 Å². The molecule has 0 unspecified atom stereocenters. The number of piperazine rings is 1. The lowest BCUT2D eigenvalue weighted by Crippen LogP contribution is -2.51. The van der Waals surface area contributed by atoms with Gasteiger partial charge >= 0.3 is 0 Å². The topological polar surface area (TPSA) is 58.6 Å². The molecule has 154 valence electrons. The van der Waals surface area contributed by atoms with Gasteiger partial charge in [0.1, 0.15) is 11.9 Å². The summed E-state index contributed by atoms with van der Waals surface area (Å²) in [4.78, 5) is 26.6. The molecular formula is C24H26N4O2. The maximum absolute atomic E-state index is 12.6. The van der Waals surface area contributed by atoms with Gasteiger partial charge in [-0.3, -0.25) is 9.69 Å². The van der Waals surface area contributed by atoms with E-state index in [-0.39, 0.29) is 12.0 Å². The molecule has 2 aliphatic heterocycles. The van der Waals surface area contributed by atoms with Crippen molar-refractivity contribution in [2.24, 2.45) is 0 Å². The largest absolute Gasteiger partial charge is 0.368 e. The molecule has 6 heteroatoms. The first-order valence-electron chi connectivity index (χ1n) is 10.7. The molecule has 6 nitrogen and oxygen atoms in total. The van der Waals surface area contributed by atoms with E-state index in [1.165, 1.54) is 0 Å². The number of rotatable bonds is 4. The zero-order valence-electron chi connectivity index (χ0n) is 17.0. The molecule has 30 heavy (non-hydrogen) atoms. The summed E-state index contributed by atoms with van der Waals surface area (Å²) in [6, 6.07) is 18.5. The average Bonchev–Trinajstić information content (AvgIpc) is 3.34. The van der Waals surface area contributed by atoms with E-state index in [0.29, 0.717) is 13.2 Å². The first-order valence-corrected chi connectivity index (χ1v) is 10.7. The minimum atomic E-state index is -0.228. The number of hydrogen-bond donors (Lipinski definition) is 0. The SMILES string of the molecule is O=C([C@H]1CCCO1)N1CCN(Cc2nc(-c3ccccc3)c3ccccc3n2)CC1. The van der Waals surface area contributed by atoms with E-state index >= 15 is 0 Å². The molecule has 0 spiro atoms. The van der Waals surface area contributed by atoms with Crippen LogP contribution in [-0.4, -0.2) is 64.6 Å². The number of hydrogen-bond acceptors (Lipinski definition) is 5. The van der Waals surface area contributed by atoms with Crippen molar-refractivity contribution in [3.8, 4) is 11.3 Å². The molecular weight excluding hydrogens is 376 g/mol. The molecule has 3 aromatic rings. The zero-order valence-corrected chi connectivity index (χ0v) is 17.0. The number of para-hydroxylation sites is 1. The van der Waals surface area contributed by atoms with Crippen LogP contribution in [0.3, 0.4) is 0 Å². The number of aromatic nitrogens is 2. The van der Waals surface area contributed by atoms with Crippen molar-refractivity contribution in [2.75, 3.05) is 32.8 Å². The van der Waals surface area contributed by atoms with Crippen LogP contribution in [0, 0.1) is 0 Å². The summed E-state index contributed by atoms with van der Waals surface area (Å²) in [6.07, 6.45) is 1.61. The molecule has 2 saturated heterocycles. The van der Waals surface area contributed by atoms with Crippen molar-refractivity contribution in [2.45, 2.75) is 25.5 Å². The summed E-state index contributed by atoms with van der Waals surface area (Å²) in [5.41, 5.74) is 3.04. The molecule has 1 aromatic heterocycles. The molecule has 0 bridgehead atoms. The number of nitrogens with zero attached hydrogens (tertiary/aromatic N) is 4. The third kappa shape index (κ3) is 3.93. The van der Waals surface area contributed by atoms with E-state index in [4.69, 9.17) is 14.7 Å². The van der Waals surface area contributed by atoms with Crippen LogP contribution in [0.5, 0.6) is 0 Å². The lowest BCUT2D eigenvalue weighted by Gasteiger charge is -2.35. The van der Waals surface area contributed by atoms with E-state index in [9.17, 15) is 4.79 Å². The minimum Gasteiger partial charge on any atom is -0.368 e. The van der Waals surface area contributed by atoms with E-state index in [1.807, 2.05) is 41.3 Å². The Balaban J connectivity index is 1.32. The fourth-order valence-corrected chi connectivity index (χ4v) is 4.31. The van der Waals surface area contributed by atoms with Crippen molar-refractivity contribution in [3.63, 3.8) is 0 Å². The van der Waals surface area contributed by atoms with Crippen LogP contribution in [0.2, 0.25) is 0 Å². The number of amides is 1. The maximum atomic E-state index is 12.6. The first-order chi connectivity index (χ1) is 14.8. The summed E-state index contributed by atoms with van der Waals surface area (Å²) in [7, 11) is 0. The number of fused-ring (bicyclic) bond motifs is 1. The summed E-state index contributed by atoms with van der Waals surface area (Å²) in [5, 5.41) is 1.07. The van der Waals surface area contributed by atoms with Crippen LogP contribution in [0.15, 0.2) is 54.6 Å². The molecule has 3 heterocycles. The Kier molecular flexibility index (Phi) is 5.43. The highest BCUT2D eigenvalue weighted by atomic mass is 16.5. The van der Waals surface area contributed by atoms with Crippen LogP contribution in [0.25, 0.3) is 22.2 Å². The van der Waals surface area contributed by atoms with Crippen molar-refractivity contribution < 1.29 is 9.53 Å². The second-order valence-corrected chi connectivity index (χ2v) is 7.97. The van der Waals surface area contributed by atoms with Gasteiger partial charge in [-0.25, -0.2) is 9.97 Å². The second-order valence-electron chi connectivity index (χ2n) is 7.97. The van der Waals surface area contributed by atoms with Gasteiger partial charge in [0.05, 0.1) is 17.8 Å². The number of benzene rings is 2. The molecule has 0 saturated carbocycles. The Morgan fingerprint density at radius 3 is 2.50 bits per heavy atom. The number of ether oxygens (including phenoxy) is 1. The predicted octanol–water partition coefficient (Wildman–Crippen LogP) is 3.12. The van der Waals surface area contributed by atoms with Crippen LogP contribution in [0.4, 0.5) is 0 Å². The van der Waals surface area contributed by atoms with Gasteiger partial charge in [-0.15, -0.1) is 0 Å². The smallest absolute Gasteiger partial charge is 0.251 e. The zero-order chi connectivity index (χ0) is 20.3. The maximum Gasteiger partial charge on any atom is 0.251 e. The Bertz CT molecular complexity index is 1030. The molecule has 2 aromatic carbocycles. The molecule has 0 radical (unpaired) electrons. The molecule has 2 aliphatic rings. The van der Waals surface area contributed by atoms with Gasteiger partial charge < -0.3 is 9.64 Å². The van der Waals surface area contributed by atoms with Crippen molar-refractivity contribution in [1.29, 1.82) is 0 Å². The van der Waals surface area contributed by atoms with Gasteiger partial charge in [-0.1, -0.05) is 48.5 Å². The Morgan fingerprint density at radius 1 is 0.967 bits per heavy atom. The van der Waals surface area contributed by atoms with Crippen molar-refractivity contribution in [3.05, 3.63) is 60.4 Å². The highest BCUT2D eigenvalue weighted by Crippen LogP contribution is 2.26. The number of carbonyl (C=O) groups is 1. The summed E-state index contributed by atoms with van der Waals surface area (Å²) in [6.45, 7) is 4.52. The average molecular weight is 402 g/mol. The molecule has 1 amide bonds. The van der Waals surface area contributed by atoms with E-state index in [2.05, 4.69) is 23.1 Å². The fraction of sp³-hybridized carbons (Fsp3) is 0.375. The minimum absolute atomic E-state index is 0.153. The van der Waals surface area contributed by atoms with Crippen LogP contribution >= 0.6 is 0 Å². The lowest BCUT2D eigenvalue weighted by molar-refractivity contribution is -0.142. The fourth-order valence-electron chi connectivity index (χ4n) is 4.31. The summed E-state index contributed by atoms with van der Waals surface area (Å²) in [5.74, 6) is 0.979. The third-order valence-corrected chi connectivity index (χ3v) is 5.95.